The molecule has 14 nitrogen and oxygen atoms in total. The first-order chi connectivity index (χ1) is 20.8. The van der Waals surface area contributed by atoms with Crippen LogP contribution in [0.3, 0.4) is 0 Å². The second-order valence-corrected chi connectivity index (χ2v) is 9.43. The van der Waals surface area contributed by atoms with Gasteiger partial charge in [-0.05, 0) is 42.8 Å². The molecule has 0 aliphatic carbocycles. The van der Waals surface area contributed by atoms with E-state index in [9.17, 15) is 14.4 Å². The topological polar surface area (TPSA) is 216 Å². The van der Waals surface area contributed by atoms with Crippen LogP contribution in [0.2, 0.25) is 0 Å². The molecule has 0 fully saturated rings. The van der Waals surface area contributed by atoms with Crippen LogP contribution in [0.5, 0.6) is 0 Å². The van der Waals surface area contributed by atoms with Crippen LogP contribution in [-0.2, 0) is 6.54 Å². The molecule has 0 bridgehead atoms. The second kappa shape index (κ2) is 12.3. The minimum atomic E-state index is -0.793. The fourth-order valence-electron chi connectivity index (χ4n) is 4.63. The van der Waals surface area contributed by atoms with Gasteiger partial charge in [0.1, 0.15) is 29.4 Å². The molecule has 0 aliphatic rings. The second-order valence-electron chi connectivity index (χ2n) is 9.43. The highest BCUT2D eigenvalue weighted by Crippen LogP contribution is 2.28. The third-order valence-corrected chi connectivity index (χ3v) is 6.74. The van der Waals surface area contributed by atoms with Crippen LogP contribution in [0.4, 0.5) is 17.3 Å². The van der Waals surface area contributed by atoms with E-state index in [4.69, 9.17) is 21.7 Å². The van der Waals surface area contributed by atoms with Crippen molar-refractivity contribution in [1.29, 1.82) is 0 Å². The molecule has 218 valence electrons. The van der Waals surface area contributed by atoms with Gasteiger partial charge in [0.25, 0.3) is 17.4 Å². The number of fused-ring (bicyclic) bond motifs is 1. The molecule has 0 saturated carbocycles. The van der Waals surface area contributed by atoms with E-state index in [1.54, 1.807) is 41.9 Å². The SMILES string of the molecule is CC[C@H](Nc1ncnc(N)c1C(N)=O)c1nc2cccc(NCc3ccc(C(=O)NO)cn3)c2c(=O)n1-c1ccccc1. The number of benzene rings is 2. The molecule has 0 radical (unpaired) electrons. The zero-order valence-corrected chi connectivity index (χ0v) is 23.0. The largest absolute Gasteiger partial charge is 0.383 e. The molecule has 3 aromatic heterocycles. The quantitative estimate of drug-likeness (QED) is 0.104. The van der Waals surface area contributed by atoms with Crippen molar-refractivity contribution in [3.05, 3.63) is 106 Å². The molecule has 14 heteroatoms. The van der Waals surface area contributed by atoms with Gasteiger partial charge < -0.3 is 22.1 Å². The lowest BCUT2D eigenvalue weighted by atomic mass is 10.1. The summed E-state index contributed by atoms with van der Waals surface area (Å²) in [5, 5.41) is 15.6. The zero-order chi connectivity index (χ0) is 30.5. The van der Waals surface area contributed by atoms with Gasteiger partial charge in [0.2, 0.25) is 0 Å². The van der Waals surface area contributed by atoms with Gasteiger partial charge in [0, 0.05) is 11.9 Å². The lowest BCUT2D eigenvalue weighted by molar-refractivity contribution is 0.0706. The predicted molar refractivity (Wildman–Crippen MR) is 160 cm³/mol. The van der Waals surface area contributed by atoms with E-state index >= 15 is 0 Å². The Labute approximate surface area is 244 Å². The van der Waals surface area contributed by atoms with Gasteiger partial charge in [-0.3, -0.25) is 29.1 Å². The minimum Gasteiger partial charge on any atom is -0.383 e. The van der Waals surface area contributed by atoms with Crippen molar-refractivity contribution in [2.24, 2.45) is 5.73 Å². The summed E-state index contributed by atoms with van der Waals surface area (Å²) in [6.45, 7) is 2.15. The van der Waals surface area contributed by atoms with Crippen LogP contribution in [0.25, 0.3) is 16.6 Å². The molecular formula is C29H28N10O4. The molecule has 8 N–H and O–H groups in total. The average molecular weight is 581 g/mol. The van der Waals surface area contributed by atoms with Gasteiger partial charge >= 0.3 is 0 Å². The summed E-state index contributed by atoms with van der Waals surface area (Å²) in [7, 11) is 0. The van der Waals surface area contributed by atoms with Crippen molar-refractivity contribution < 1.29 is 14.8 Å². The summed E-state index contributed by atoms with van der Waals surface area (Å²) >= 11 is 0. The molecule has 0 spiro atoms. The maximum Gasteiger partial charge on any atom is 0.276 e. The van der Waals surface area contributed by atoms with Crippen LogP contribution < -0.4 is 33.1 Å². The first kappa shape index (κ1) is 28.6. The number of hydrogen-bond donors (Lipinski definition) is 6. The lowest BCUT2D eigenvalue weighted by Crippen LogP contribution is -2.29. The Balaban J connectivity index is 1.59. The third-order valence-electron chi connectivity index (χ3n) is 6.74. The first-order valence-electron chi connectivity index (χ1n) is 13.2. The Morgan fingerprint density at radius 1 is 1.02 bits per heavy atom. The highest BCUT2D eigenvalue weighted by molar-refractivity contribution is 6.01. The Morgan fingerprint density at radius 2 is 1.81 bits per heavy atom. The number of nitrogens with zero attached hydrogens (tertiary/aromatic N) is 5. The van der Waals surface area contributed by atoms with Crippen molar-refractivity contribution in [1.82, 2.24) is 30.0 Å². The molecule has 0 aliphatic heterocycles. The third kappa shape index (κ3) is 5.80. The summed E-state index contributed by atoms with van der Waals surface area (Å²) in [5.41, 5.74) is 15.0. The number of hydroxylamine groups is 1. The van der Waals surface area contributed by atoms with Gasteiger partial charge in [-0.25, -0.2) is 20.4 Å². The Morgan fingerprint density at radius 3 is 2.49 bits per heavy atom. The molecule has 5 rings (SSSR count). The number of pyridine rings is 1. The van der Waals surface area contributed by atoms with Crippen LogP contribution in [-0.4, -0.2) is 41.5 Å². The number of carbonyl (C=O) groups excluding carboxylic acids is 2. The smallest absolute Gasteiger partial charge is 0.276 e. The predicted octanol–water partition coefficient (Wildman–Crippen LogP) is 2.55. The van der Waals surface area contributed by atoms with Crippen molar-refractivity contribution in [3.8, 4) is 5.69 Å². The molecule has 0 unspecified atom stereocenters. The van der Waals surface area contributed by atoms with Crippen molar-refractivity contribution in [2.75, 3.05) is 16.4 Å². The summed E-state index contributed by atoms with van der Waals surface area (Å²) in [5.74, 6) is -1.01. The van der Waals surface area contributed by atoms with Crippen molar-refractivity contribution in [2.45, 2.75) is 25.9 Å². The van der Waals surface area contributed by atoms with Crippen LogP contribution in [0, 0.1) is 0 Å². The normalized spacial score (nSPS) is 11.6. The van der Waals surface area contributed by atoms with E-state index < -0.39 is 17.9 Å². The lowest BCUT2D eigenvalue weighted by Gasteiger charge is -2.23. The van der Waals surface area contributed by atoms with E-state index in [1.165, 1.54) is 23.2 Å². The Kier molecular flexibility index (Phi) is 8.20. The number of rotatable bonds is 10. The highest BCUT2D eigenvalue weighted by Gasteiger charge is 2.24. The maximum atomic E-state index is 14.3. The van der Waals surface area contributed by atoms with Crippen molar-refractivity contribution in [3.63, 3.8) is 0 Å². The number of aromatic nitrogens is 5. The molecule has 2 aromatic carbocycles. The maximum absolute atomic E-state index is 14.3. The van der Waals surface area contributed by atoms with Gasteiger partial charge in [0.05, 0.1) is 40.4 Å². The van der Waals surface area contributed by atoms with Gasteiger partial charge in [-0.15, -0.1) is 0 Å². The molecule has 2 amide bonds. The molecule has 5 aromatic rings. The van der Waals surface area contributed by atoms with E-state index in [2.05, 4.69) is 25.6 Å². The number of carbonyl (C=O) groups is 2. The number of hydrogen-bond acceptors (Lipinski definition) is 11. The fourth-order valence-corrected chi connectivity index (χ4v) is 4.63. The average Bonchev–Trinajstić information content (AvgIpc) is 3.02. The molecule has 3 heterocycles. The number of nitrogens with one attached hydrogen (secondary N) is 3. The fraction of sp³-hybridized carbons (Fsp3) is 0.138. The monoisotopic (exact) mass is 580 g/mol. The molecule has 43 heavy (non-hydrogen) atoms. The van der Waals surface area contributed by atoms with Gasteiger partial charge in [-0.2, -0.15) is 0 Å². The Bertz CT molecular complexity index is 1860. The van der Waals surface area contributed by atoms with E-state index in [-0.39, 0.29) is 34.9 Å². The van der Waals surface area contributed by atoms with Gasteiger partial charge in [-0.1, -0.05) is 31.2 Å². The number of nitrogens with two attached hydrogens (primary N) is 2. The van der Waals surface area contributed by atoms with Crippen molar-refractivity contribution >= 4 is 40.0 Å². The number of anilines is 3. The van der Waals surface area contributed by atoms with E-state index in [0.29, 0.717) is 40.2 Å². The Hall–Kier alpha value is -5.89. The standard InChI is InChI=1S/C29H28N10O4/c1-2-19(36-26-23(25(31)40)24(30)34-15-35-26)27-37-21-10-6-9-20(22(21)29(42)39(27)18-7-4-3-5-8-18)33-14-17-12-11-16(13-32-17)28(41)38-43/h3-13,15,19,33,43H,2,14H2,1H3,(H2,31,40)(H,38,41)(H3,30,34,35,36)/t19-/m0/s1. The molecule has 1 atom stereocenters. The number of amides is 2. The highest BCUT2D eigenvalue weighted by atomic mass is 16.5. The van der Waals surface area contributed by atoms with E-state index in [1.807, 2.05) is 25.1 Å². The summed E-state index contributed by atoms with van der Waals surface area (Å²) in [6.07, 6.45) is 3.02. The van der Waals surface area contributed by atoms with Crippen LogP contribution >= 0.6 is 0 Å². The first-order valence-corrected chi connectivity index (χ1v) is 13.2. The summed E-state index contributed by atoms with van der Waals surface area (Å²) < 4.78 is 1.52. The zero-order valence-electron chi connectivity index (χ0n) is 23.0. The number of primary amides is 1. The van der Waals surface area contributed by atoms with E-state index in [0.717, 1.165) is 0 Å². The van der Waals surface area contributed by atoms with Crippen LogP contribution in [0.15, 0.2) is 78.0 Å². The minimum absolute atomic E-state index is 0.0551. The molecular weight excluding hydrogens is 552 g/mol. The number of nitrogen functional groups attached to an aromatic ring is 1. The summed E-state index contributed by atoms with van der Waals surface area (Å²) in [6, 6.07) is 16.9. The van der Waals surface area contributed by atoms with Crippen LogP contribution in [0.1, 0.15) is 51.6 Å². The number of para-hydroxylation sites is 1. The molecule has 0 saturated heterocycles. The summed E-state index contributed by atoms with van der Waals surface area (Å²) in [4.78, 5) is 55.2. The van der Waals surface area contributed by atoms with Gasteiger partial charge in [0.15, 0.2) is 0 Å².